The van der Waals surface area contributed by atoms with Crippen LogP contribution in [0.5, 0.6) is 0 Å². The van der Waals surface area contributed by atoms with Crippen molar-refractivity contribution in [3.8, 4) is 11.6 Å². The van der Waals surface area contributed by atoms with Gasteiger partial charge < -0.3 is 19.0 Å². The number of hydrogen-bond acceptors (Lipinski definition) is 5. The zero-order valence-corrected chi connectivity index (χ0v) is 14.8. The maximum Gasteiger partial charge on any atom is 0.264 e. The number of para-hydroxylation sites is 1. The summed E-state index contributed by atoms with van der Waals surface area (Å²) in [4.78, 5) is 12.5. The lowest BCUT2D eigenvalue weighted by molar-refractivity contribution is -0.122. The molecule has 7 nitrogen and oxygen atoms in total. The van der Waals surface area contributed by atoms with Gasteiger partial charge in [-0.25, -0.2) is 0 Å². The third kappa shape index (κ3) is 3.35. The van der Waals surface area contributed by atoms with Crippen molar-refractivity contribution in [3.05, 3.63) is 36.2 Å². The van der Waals surface area contributed by atoms with Crippen LogP contribution in [0.2, 0.25) is 0 Å². The zero-order chi connectivity index (χ0) is 17.9. The predicted molar refractivity (Wildman–Crippen MR) is 96.6 cm³/mol. The molecule has 1 aromatic carbocycles. The largest absolute Gasteiger partial charge is 0.419 e. The third-order valence-electron chi connectivity index (χ3n) is 4.65. The predicted octanol–water partition coefficient (Wildman–Crippen LogP) is 2.55. The van der Waals surface area contributed by atoms with E-state index in [1.165, 1.54) is 0 Å². The molecule has 1 aliphatic heterocycles. The second kappa shape index (κ2) is 7.29. The van der Waals surface area contributed by atoms with Gasteiger partial charge in [-0.05, 0) is 25.0 Å². The van der Waals surface area contributed by atoms with Crippen LogP contribution in [0, 0.1) is 0 Å². The zero-order valence-electron chi connectivity index (χ0n) is 14.8. The Hall–Kier alpha value is -2.67. The summed E-state index contributed by atoms with van der Waals surface area (Å²) in [6.07, 6.45) is 2.86. The minimum atomic E-state index is -0.0571. The molecule has 0 unspecified atom stereocenters. The molecular formula is C19H22N4O3. The molecule has 4 rings (SSSR count). The summed E-state index contributed by atoms with van der Waals surface area (Å²) in [6, 6.07) is 9.91. The van der Waals surface area contributed by atoms with Crippen LogP contribution in [0.4, 0.5) is 0 Å². The van der Waals surface area contributed by atoms with Crippen LogP contribution >= 0.6 is 0 Å². The first kappa shape index (κ1) is 16.8. The Morgan fingerprint density at radius 2 is 2.23 bits per heavy atom. The van der Waals surface area contributed by atoms with E-state index in [0.717, 1.165) is 36.0 Å². The molecular weight excluding hydrogens is 332 g/mol. The Morgan fingerprint density at radius 1 is 1.35 bits per heavy atom. The van der Waals surface area contributed by atoms with Gasteiger partial charge in [0, 0.05) is 30.5 Å². The first-order chi connectivity index (χ1) is 12.7. The average molecular weight is 354 g/mol. The molecule has 7 heteroatoms. The number of hydrogen-bond donors (Lipinski definition) is 1. The third-order valence-corrected chi connectivity index (χ3v) is 4.65. The lowest BCUT2D eigenvalue weighted by atomic mass is 10.2. The van der Waals surface area contributed by atoms with Crippen LogP contribution in [0.1, 0.15) is 25.7 Å². The lowest BCUT2D eigenvalue weighted by Crippen LogP contribution is -2.34. The van der Waals surface area contributed by atoms with Crippen LogP contribution in [0.25, 0.3) is 22.5 Å². The van der Waals surface area contributed by atoms with Gasteiger partial charge in [0.2, 0.25) is 11.8 Å². The van der Waals surface area contributed by atoms with Crippen molar-refractivity contribution in [2.75, 3.05) is 13.2 Å². The summed E-state index contributed by atoms with van der Waals surface area (Å²) in [7, 11) is 0. The normalized spacial score (nSPS) is 17.0. The summed E-state index contributed by atoms with van der Waals surface area (Å²) < 4.78 is 13.2. The van der Waals surface area contributed by atoms with E-state index >= 15 is 0 Å². The number of carbonyl (C=O) groups is 1. The molecule has 1 aliphatic rings. The van der Waals surface area contributed by atoms with Crippen molar-refractivity contribution in [2.24, 2.45) is 0 Å². The van der Waals surface area contributed by atoms with E-state index in [4.69, 9.17) is 9.15 Å². The standard InChI is InChI=1S/C19H22N4O3/c1-2-18-21-22-19(26-18)16-10-13-6-3-4-8-15(13)23(16)12-17(24)20-11-14-7-5-9-25-14/h3-4,6,8,10,14H,2,5,7,9,11-12H2,1H3,(H,20,24)/t14-/m0/s1. The summed E-state index contributed by atoms with van der Waals surface area (Å²) in [5.41, 5.74) is 1.72. The van der Waals surface area contributed by atoms with Crippen LogP contribution in [0.3, 0.4) is 0 Å². The first-order valence-electron chi connectivity index (χ1n) is 9.04. The fourth-order valence-electron chi connectivity index (χ4n) is 3.29. The molecule has 1 amide bonds. The summed E-state index contributed by atoms with van der Waals surface area (Å²) >= 11 is 0. The fraction of sp³-hybridized carbons (Fsp3) is 0.421. The Kier molecular flexibility index (Phi) is 4.71. The number of amides is 1. The highest BCUT2D eigenvalue weighted by atomic mass is 16.5. The van der Waals surface area contributed by atoms with Gasteiger partial charge in [0.25, 0.3) is 5.89 Å². The van der Waals surface area contributed by atoms with E-state index in [1.807, 2.05) is 41.8 Å². The summed E-state index contributed by atoms with van der Waals surface area (Å²) in [5, 5.41) is 12.2. The molecule has 26 heavy (non-hydrogen) atoms. The van der Waals surface area contributed by atoms with Crippen LogP contribution in [-0.4, -0.2) is 39.9 Å². The van der Waals surface area contributed by atoms with E-state index in [2.05, 4.69) is 15.5 Å². The number of benzene rings is 1. The molecule has 1 fully saturated rings. The van der Waals surface area contributed by atoms with Crippen LogP contribution < -0.4 is 5.32 Å². The van der Waals surface area contributed by atoms with E-state index in [0.29, 0.717) is 24.7 Å². The lowest BCUT2D eigenvalue weighted by Gasteiger charge is -2.12. The Bertz CT molecular complexity index is 909. The SMILES string of the molecule is CCc1nnc(-c2cc3ccccc3n2CC(=O)NC[C@@H]2CCCO2)o1. The molecule has 1 saturated heterocycles. The Balaban J connectivity index is 1.59. The molecule has 1 N–H and O–H groups in total. The van der Waals surface area contributed by atoms with Gasteiger partial charge in [-0.3, -0.25) is 4.79 Å². The molecule has 0 bridgehead atoms. The minimum absolute atomic E-state index is 0.0571. The highest BCUT2D eigenvalue weighted by Gasteiger charge is 2.19. The molecule has 0 aliphatic carbocycles. The van der Waals surface area contributed by atoms with Crippen molar-refractivity contribution in [3.63, 3.8) is 0 Å². The number of rotatable bonds is 6. The highest BCUT2D eigenvalue weighted by Crippen LogP contribution is 2.27. The van der Waals surface area contributed by atoms with E-state index in [-0.39, 0.29) is 18.6 Å². The molecule has 0 radical (unpaired) electrons. The monoisotopic (exact) mass is 354 g/mol. The fourth-order valence-corrected chi connectivity index (χ4v) is 3.29. The topological polar surface area (TPSA) is 82.2 Å². The van der Waals surface area contributed by atoms with Crippen molar-refractivity contribution < 1.29 is 13.9 Å². The van der Waals surface area contributed by atoms with Crippen LogP contribution in [-0.2, 0) is 22.5 Å². The van der Waals surface area contributed by atoms with Gasteiger partial charge in [-0.2, -0.15) is 0 Å². The molecule has 3 heterocycles. The van der Waals surface area contributed by atoms with Gasteiger partial charge in [0.1, 0.15) is 12.2 Å². The summed E-state index contributed by atoms with van der Waals surface area (Å²) in [5.74, 6) is 0.961. The second-order valence-electron chi connectivity index (χ2n) is 6.47. The molecule has 0 spiro atoms. The van der Waals surface area contributed by atoms with Crippen molar-refractivity contribution >= 4 is 16.8 Å². The number of carbonyl (C=O) groups excluding carboxylic acids is 1. The van der Waals surface area contributed by atoms with Gasteiger partial charge in [-0.1, -0.05) is 25.1 Å². The average Bonchev–Trinajstić information content (AvgIpc) is 3.40. The molecule has 3 aromatic rings. The molecule has 0 saturated carbocycles. The number of ether oxygens (including phenoxy) is 1. The molecule has 1 atom stereocenters. The molecule has 2 aromatic heterocycles. The van der Waals surface area contributed by atoms with Crippen molar-refractivity contribution in [1.82, 2.24) is 20.1 Å². The van der Waals surface area contributed by atoms with Gasteiger partial charge in [0.05, 0.1) is 6.10 Å². The van der Waals surface area contributed by atoms with Crippen LogP contribution in [0.15, 0.2) is 34.7 Å². The van der Waals surface area contributed by atoms with E-state index in [9.17, 15) is 4.79 Å². The summed E-state index contributed by atoms with van der Waals surface area (Å²) in [6.45, 7) is 3.49. The smallest absolute Gasteiger partial charge is 0.264 e. The van der Waals surface area contributed by atoms with Gasteiger partial charge >= 0.3 is 0 Å². The van der Waals surface area contributed by atoms with Gasteiger partial charge in [-0.15, -0.1) is 10.2 Å². The quantitative estimate of drug-likeness (QED) is 0.736. The number of nitrogens with zero attached hydrogens (tertiary/aromatic N) is 3. The first-order valence-corrected chi connectivity index (χ1v) is 9.04. The number of aromatic nitrogens is 3. The highest BCUT2D eigenvalue weighted by molar-refractivity contribution is 5.88. The maximum atomic E-state index is 12.5. The minimum Gasteiger partial charge on any atom is -0.419 e. The number of fused-ring (bicyclic) bond motifs is 1. The van der Waals surface area contributed by atoms with Gasteiger partial charge in [0.15, 0.2) is 0 Å². The second-order valence-corrected chi connectivity index (χ2v) is 6.47. The maximum absolute atomic E-state index is 12.5. The number of nitrogens with one attached hydrogen (secondary N) is 1. The van der Waals surface area contributed by atoms with Crippen molar-refractivity contribution in [1.29, 1.82) is 0 Å². The Labute approximate surface area is 151 Å². The Morgan fingerprint density at radius 3 is 3.00 bits per heavy atom. The van der Waals surface area contributed by atoms with E-state index in [1.54, 1.807) is 0 Å². The van der Waals surface area contributed by atoms with Crippen molar-refractivity contribution in [2.45, 2.75) is 38.8 Å². The van der Waals surface area contributed by atoms with E-state index < -0.39 is 0 Å². The number of aryl methyl sites for hydroxylation is 1. The molecule has 136 valence electrons.